The number of halogens is 1. The van der Waals surface area contributed by atoms with E-state index in [-0.39, 0.29) is 18.4 Å². The Labute approximate surface area is 120 Å². The molecule has 0 heterocycles. The van der Waals surface area contributed by atoms with Crippen molar-refractivity contribution in [2.75, 3.05) is 12.4 Å². The molecular formula is C14H22FNO3S. The zero-order valence-corrected chi connectivity index (χ0v) is 13.1. The molecule has 0 aliphatic rings. The van der Waals surface area contributed by atoms with Crippen LogP contribution >= 0.6 is 0 Å². The fourth-order valence-corrected chi connectivity index (χ4v) is 2.49. The zero-order valence-electron chi connectivity index (χ0n) is 12.3. The molecule has 0 aromatic heterocycles. The fraction of sp³-hybridized carbons (Fsp3) is 0.571. The van der Waals surface area contributed by atoms with Gasteiger partial charge in [-0.05, 0) is 33.8 Å². The summed E-state index contributed by atoms with van der Waals surface area (Å²) >= 11 is 0. The third kappa shape index (κ3) is 4.18. The maximum absolute atomic E-state index is 13.2. The van der Waals surface area contributed by atoms with Gasteiger partial charge >= 0.3 is 0 Å². The van der Waals surface area contributed by atoms with Crippen molar-refractivity contribution in [3.63, 3.8) is 0 Å². The molecule has 0 saturated carbocycles. The molecular weight excluding hydrogens is 281 g/mol. The van der Waals surface area contributed by atoms with Crippen molar-refractivity contribution in [1.29, 1.82) is 0 Å². The highest BCUT2D eigenvalue weighted by atomic mass is 32.2. The van der Waals surface area contributed by atoms with Crippen LogP contribution < -0.4 is 10.5 Å². The van der Waals surface area contributed by atoms with Crippen LogP contribution in [0.2, 0.25) is 0 Å². The second kappa shape index (κ2) is 6.10. The molecule has 0 aliphatic carbocycles. The maximum atomic E-state index is 13.2. The number of benzene rings is 1. The first-order valence-electron chi connectivity index (χ1n) is 6.45. The van der Waals surface area contributed by atoms with E-state index in [1.165, 1.54) is 12.1 Å². The van der Waals surface area contributed by atoms with Gasteiger partial charge in [-0.2, -0.15) is 0 Å². The van der Waals surface area contributed by atoms with Crippen molar-refractivity contribution in [2.45, 2.75) is 38.5 Å². The first kappa shape index (κ1) is 16.9. The molecule has 0 aliphatic heterocycles. The SMILES string of the molecule is C[C@H](N)c1ccc(F)cc1OCCS(=O)(=O)C(C)(C)C. The van der Waals surface area contributed by atoms with E-state index in [9.17, 15) is 12.8 Å². The number of rotatable bonds is 5. The molecule has 1 aromatic rings. The molecule has 2 N–H and O–H groups in total. The summed E-state index contributed by atoms with van der Waals surface area (Å²) in [5, 5.41) is 0. The monoisotopic (exact) mass is 303 g/mol. The summed E-state index contributed by atoms with van der Waals surface area (Å²) in [7, 11) is -3.26. The van der Waals surface area contributed by atoms with E-state index in [2.05, 4.69) is 0 Å². The lowest BCUT2D eigenvalue weighted by molar-refractivity contribution is 0.332. The lowest BCUT2D eigenvalue weighted by Gasteiger charge is -2.20. The van der Waals surface area contributed by atoms with Gasteiger partial charge in [0.05, 0.1) is 10.5 Å². The van der Waals surface area contributed by atoms with Crippen LogP contribution in [0, 0.1) is 5.82 Å². The summed E-state index contributed by atoms with van der Waals surface area (Å²) in [5.41, 5.74) is 6.42. The van der Waals surface area contributed by atoms with E-state index in [0.29, 0.717) is 11.3 Å². The molecule has 0 saturated heterocycles. The number of hydrogen-bond acceptors (Lipinski definition) is 4. The van der Waals surface area contributed by atoms with E-state index >= 15 is 0 Å². The molecule has 0 radical (unpaired) electrons. The summed E-state index contributed by atoms with van der Waals surface area (Å²) in [6, 6.07) is 3.76. The van der Waals surface area contributed by atoms with Crippen LogP contribution in [0.15, 0.2) is 18.2 Å². The summed E-state index contributed by atoms with van der Waals surface area (Å²) in [5.74, 6) is -0.266. The molecule has 114 valence electrons. The lowest BCUT2D eigenvalue weighted by atomic mass is 10.1. The third-order valence-corrected chi connectivity index (χ3v) is 5.58. The van der Waals surface area contributed by atoms with Gasteiger partial charge in [0.2, 0.25) is 0 Å². The van der Waals surface area contributed by atoms with Gasteiger partial charge in [-0.15, -0.1) is 0 Å². The van der Waals surface area contributed by atoms with Crippen LogP contribution in [0.3, 0.4) is 0 Å². The van der Waals surface area contributed by atoms with Crippen LogP contribution in [0.25, 0.3) is 0 Å². The molecule has 1 rings (SSSR count). The predicted octanol–water partition coefficient (Wildman–Crippen LogP) is 2.44. The Morgan fingerprint density at radius 3 is 2.45 bits per heavy atom. The van der Waals surface area contributed by atoms with Crippen molar-refractivity contribution in [3.05, 3.63) is 29.6 Å². The minimum absolute atomic E-state index is 0.0250. The molecule has 6 heteroatoms. The number of nitrogens with two attached hydrogens (primary N) is 1. The first-order valence-corrected chi connectivity index (χ1v) is 8.10. The Balaban J connectivity index is 2.79. The van der Waals surface area contributed by atoms with Gasteiger partial charge in [-0.3, -0.25) is 0 Å². The standard InChI is InChI=1S/C14H22FNO3S/c1-10(16)12-6-5-11(15)9-13(12)19-7-8-20(17,18)14(2,3)4/h5-6,9-10H,7-8,16H2,1-4H3/t10-/m0/s1. The highest BCUT2D eigenvalue weighted by Crippen LogP contribution is 2.25. The smallest absolute Gasteiger partial charge is 0.158 e. The van der Waals surface area contributed by atoms with Crippen LogP contribution in [-0.2, 0) is 9.84 Å². The van der Waals surface area contributed by atoms with Gasteiger partial charge < -0.3 is 10.5 Å². The Hall–Kier alpha value is -1.14. The highest BCUT2D eigenvalue weighted by molar-refractivity contribution is 7.92. The Bertz CT molecular complexity index is 562. The zero-order chi connectivity index (χ0) is 15.6. The van der Waals surface area contributed by atoms with Gasteiger partial charge in [0, 0.05) is 17.7 Å². The molecule has 1 atom stereocenters. The number of ether oxygens (including phenoxy) is 1. The number of sulfone groups is 1. The second-order valence-corrected chi connectivity index (χ2v) is 8.61. The lowest BCUT2D eigenvalue weighted by Crippen LogP contribution is -2.32. The van der Waals surface area contributed by atoms with Crippen molar-refractivity contribution in [1.82, 2.24) is 0 Å². The third-order valence-electron chi connectivity index (χ3n) is 3.01. The van der Waals surface area contributed by atoms with E-state index in [1.807, 2.05) is 0 Å². The summed E-state index contributed by atoms with van der Waals surface area (Å²) in [4.78, 5) is 0. The van der Waals surface area contributed by atoms with E-state index < -0.39 is 20.4 Å². The molecule has 1 aromatic carbocycles. The van der Waals surface area contributed by atoms with Crippen LogP contribution in [0.4, 0.5) is 4.39 Å². The number of hydrogen-bond donors (Lipinski definition) is 1. The molecule has 0 amide bonds. The Morgan fingerprint density at radius 2 is 1.95 bits per heavy atom. The van der Waals surface area contributed by atoms with Crippen molar-refractivity contribution in [2.24, 2.45) is 5.73 Å². The normalized spacial score (nSPS) is 14.1. The van der Waals surface area contributed by atoms with Crippen molar-refractivity contribution in [3.8, 4) is 5.75 Å². The highest BCUT2D eigenvalue weighted by Gasteiger charge is 2.28. The second-order valence-electron chi connectivity index (χ2n) is 5.75. The summed E-state index contributed by atoms with van der Waals surface area (Å²) < 4.78 is 41.7. The van der Waals surface area contributed by atoms with Gasteiger partial charge in [0.1, 0.15) is 18.2 Å². The van der Waals surface area contributed by atoms with E-state index in [0.717, 1.165) is 0 Å². The predicted molar refractivity (Wildman–Crippen MR) is 78.0 cm³/mol. The maximum Gasteiger partial charge on any atom is 0.158 e. The quantitative estimate of drug-likeness (QED) is 0.907. The van der Waals surface area contributed by atoms with Crippen molar-refractivity contribution < 1.29 is 17.5 Å². The minimum atomic E-state index is -3.26. The van der Waals surface area contributed by atoms with Gasteiger partial charge in [-0.1, -0.05) is 6.07 Å². The molecule has 0 unspecified atom stereocenters. The molecule has 20 heavy (non-hydrogen) atoms. The molecule has 0 spiro atoms. The average molecular weight is 303 g/mol. The van der Waals surface area contributed by atoms with Crippen LogP contribution in [0.5, 0.6) is 5.75 Å². The van der Waals surface area contributed by atoms with Gasteiger partial charge in [0.25, 0.3) is 0 Å². The van der Waals surface area contributed by atoms with Crippen LogP contribution in [0.1, 0.15) is 39.3 Å². The van der Waals surface area contributed by atoms with Gasteiger partial charge in [0.15, 0.2) is 9.84 Å². The fourth-order valence-electron chi connectivity index (χ4n) is 1.58. The van der Waals surface area contributed by atoms with Gasteiger partial charge in [-0.25, -0.2) is 12.8 Å². The topological polar surface area (TPSA) is 69.4 Å². The van der Waals surface area contributed by atoms with E-state index in [4.69, 9.17) is 10.5 Å². The molecule has 0 fully saturated rings. The van der Waals surface area contributed by atoms with Crippen molar-refractivity contribution >= 4 is 9.84 Å². The summed E-state index contributed by atoms with van der Waals surface area (Å²) in [6.07, 6.45) is 0. The molecule has 0 bridgehead atoms. The van der Waals surface area contributed by atoms with Crippen LogP contribution in [-0.4, -0.2) is 25.5 Å². The Kier molecular flexibility index (Phi) is 5.15. The Morgan fingerprint density at radius 1 is 1.35 bits per heavy atom. The summed E-state index contributed by atoms with van der Waals surface area (Å²) in [6.45, 7) is 6.64. The molecule has 4 nitrogen and oxygen atoms in total. The largest absolute Gasteiger partial charge is 0.492 e. The minimum Gasteiger partial charge on any atom is -0.492 e. The average Bonchev–Trinajstić information content (AvgIpc) is 2.26. The first-order chi connectivity index (χ1) is 9.04. The van der Waals surface area contributed by atoms with E-state index in [1.54, 1.807) is 33.8 Å².